The fourth-order valence-electron chi connectivity index (χ4n) is 2.73. The SMILES string of the molecule is N#CCOc1ccc2c(C(=O)OC3CC3)c3ccccn3c2c1. The predicted octanol–water partition coefficient (Wildman–Crippen LogP) is 3.31. The van der Waals surface area contributed by atoms with Gasteiger partial charge in [-0.2, -0.15) is 5.26 Å². The highest BCUT2D eigenvalue weighted by atomic mass is 16.5. The zero-order valence-corrected chi connectivity index (χ0v) is 12.4. The van der Waals surface area contributed by atoms with Crippen LogP contribution < -0.4 is 4.74 Å². The largest absolute Gasteiger partial charge is 0.479 e. The van der Waals surface area contributed by atoms with E-state index in [0.29, 0.717) is 11.3 Å². The van der Waals surface area contributed by atoms with Gasteiger partial charge in [-0.05, 0) is 37.1 Å². The van der Waals surface area contributed by atoms with Gasteiger partial charge in [0.05, 0.1) is 16.6 Å². The predicted molar refractivity (Wildman–Crippen MR) is 84.4 cm³/mol. The molecule has 0 saturated heterocycles. The van der Waals surface area contributed by atoms with E-state index < -0.39 is 0 Å². The first-order chi connectivity index (χ1) is 11.3. The van der Waals surface area contributed by atoms with E-state index in [1.54, 1.807) is 6.07 Å². The number of esters is 1. The van der Waals surface area contributed by atoms with Gasteiger partial charge in [-0.15, -0.1) is 0 Å². The molecule has 3 aromatic rings. The summed E-state index contributed by atoms with van der Waals surface area (Å²) in [4.78, 5) is 12.5. The highest BCUT2D eigenvalue weighted by Gasteiger charge is 2.29. The number of carbonyl (C=O) groups excluding carboxylic acids is 1. The third-order valence-corrected chi connectivity index (χ3v) is 3.92. The number of fused-ring (bicyclic) bond motifs is 3. The topological polar surface area (TPSA) is 63.7 Å². The van der Waals surface area contributed by atoms with Gasteiger partial charge in [-0.25, -0.2) is 4.79 Å². The fraction of sp³-hybridized carbons (Fsp3) is 0.222. The lowest BCUT2D eigenvalue weighted by Gasteiger charge is -2.03. The van der Waals surface area contributed by atoms with Crippen LogP contribution in [0.25, 0.3) is 16.4 Å². The van der Waals surface area contributed by atoms with Gasteiger partial charge in [-0.1, -0.05) is 6.07 Å². The monoisotopic (exact) mass is 306 g/mol. The maximum absolute atomic E-state index is 12.5. The van der Waals surface area contributed by atoms with Crippen LogP contribution in [0.5, 0.6) is 5.75 Å². The Hall–Kier alpha value is -3.00. The lowest BCUT2D eigenvalue weighted by molar-refractivity contribution is 0.0477. The molecule has 4 rings (SSSR count). The number of ether oxygens (including phenoxy) is 2. The summed E-state index contributed by atoms with van der Waals surface area (Å²) in [5, 5.41) is 9.46. The first-order valence-electron chi connectivity index (χ1n) is 7.51. The molecular weight excluding hydrogens is 292 g/mol. The Labute approximate surface area is 132 Å². The smallest absolute Gasteiger partial charge is 0.341 e. The van der Waals surface area contributed by atoms with Crippen LogP contribution in [0.2, 0.25) is 0 Å². The van der Waals surface area contributed by atoms with Crippen molar-refractivity contribution < 1.29 is 14.3 Å². The van der Waals surface area contributed by atoms with Crippen molar-refractivity contribution in [2.24, 2.45) is 0 Å². The van der Waals surface area contributed by atoms with Crippen LogP contribution in [0.15, 0.2) is 42.6 Å². The molecule has 0 spiro atoms. The highest BCUT2D eigenvalue weighted by Crippen LogP contribution is 2.32. The maximum Gasteiger partial charge on any atom is 0.341 e. The number of nitriles is 1. The minimum absolute atomic E-state index is 0.00854. The van der Waals surface area contributed by atoms with E-state index in [0.717, 1.165) is 29.3 Å². The standard InChI is InChI=1S/C18H14N2O3/c19-8-10-22-13-6-7-14-16(11-13)20-9-2-1-3-15(20)17(14)18(21)23-12-4-5-12/h1-3,6-7,9,11-12H,4-5,10H2. The molecule has 23 heavy (non-hydrogen) atoms. The van der Waals surface area contributed by atoms with Gasteiger partial charge in [0.2, 0.25) is 0 Å². The molecule has 0 bridgehead atoms. The molecule has 1 aliphatic rings. The van der Waals surface area contributed by atoms with Crippen LogP contribution in [-0.2, 0) is 4.74 Å². The van der Waals surface area contributed by atoms with E-state index in [1.807, 2.05) is 47.0 Å². The molecule has 0 radical (unpaired) electrons. The van der Waals surface area contributed by atoms with Gasteiger partial charge in [0.1, 0.15) is 17.9 Å². The second-order valence-electron chi connectivity index (χ2n) is 5.56. The van der Waals surface area contributed by atoms with Crippen LogP contribution in [-0.4, -0.2) is 23.1 Å². The molecule has 1 aliphatic carbocycles. The Bertz CT molecular complexity index is 948. The Morgan fingerprint density at radius 2 is 2.13 bits per heavy atom. The van der Waals surface area contributed by atoms with Gasteiger partial charge in [0.25, 0.3) is 0 Å². The summed E-state index contributed by atoms with van der Waals surface area (Å²) in [5.74, 6) is 0.321. The van der Waals surface area contributed by atoms with Crippen LogP contribution in [0.4, 0.5) is 0 Å². The lowest BCUT2D eigenvalue weighted by atomic mass is 10.1. The van der Waals surface area contributed by atoms with Crippen molar-refractivity contribution in [3.05, 3.63) is 48.2 Å². The summed E-state index contributed by atoms with van der Waals surface area (Å²) < 4.78 is 12.8. The molecule has 2 heterocycles. The number of benzene rings is 1. The Morgan fingerprint density at radius 1 is 1.26 bits per heavy atom. The van der Waals surface area contributed by atoms with Crippen molar-refractivity contribution in [2.75, 3.05) is 6.61 Å². The minimum atomic E-state index is -0.281. The van der Waals surface area contributed by atoms with E-state index in [4.69, 9.17) is 14.7 Å². The summed E-state index contributed by atoms with van der Waals surface area (Å²) >= 11 is 0. The Morgan fingerprint density at radius 3 is 2.91 bits per heavy atom. The molecule has 114 valence electrons. The second-order valence-corrected chi connectivity index (χ2v) is 5.56. The number of rotatable bonds is 4. The summed E-state index contributed by atoms with van der Waals surface area (Å²) in [6.45, 7) is -0.00854. The van der Waals surface area contributed by atoms with Crippen molar-refractivity contribution in [2.45, 2.75) is 18.9 Å². The van der Waals surface area contributed by atoms with Crippen LogP contribution >= 0.6 is 0 Å². The van der Waals surface area contributed by atoms with Crippen LogP contribution in [0.1, 0.15) is 23.2 Å². The van der Waals surface area contributed by atoms with Crippen molar-refractivity contribution in [1.82, 2.24) is 4.40 Å². The molecule has 5 nitrogen and oxygen atoms in total. The highest BCUT2D eigenvalue weighted by molar-refractivity contribution is 6.12. The number of aromatic nitrogens is 1. The lowest BCUT2D eigenvalue weighted by Crippen LogP contribution is -2.06. The van der Waals surface area contributed by atoms with Crippen molar-refractivity contribution in [3.8, 4) is 11.8 Å². The van der Waals surface area contributed by atoms with Crippen LogP contribution in [0.3, 0.4) is 0 Å². The van der Waals surface area contributed by atoms with Gasteiger partial charge in [-0.3, -0.25) is 0 Å². The Balaban J connectivity index is 1.89. The van der Waals surface area contributed by atoms with E-state index in [1.165, 1.54) is 0 Å². The van der Waals surface area contributed by atoms with Crippen molar-refractivity contribution in [3.63, 3.8) is 0 Å². The maximum atomic E-state index is 12.5. The number of carbonyl (C=O) groups is 1. The molecule has 0 unspecified atom stereocenters. The van der Waals surface area contributed by atoms with Gasteiger partial charge in [0.15, 0.2) is 6.61 Å². The quantitative estimate of drug-likeness (QED) is 0.694. The van der Waals surface area contributed by atoms with Crippen molar-refractivity contribution >= 4 is 22.4 Å². The molecular formula is C18H14N2O3. The summed E-state index contributed by atoms with van der Waals surface area (Å²) in [7, 11) is 0. The minimum Gasteiger partial charge on any atom is -0.479 e. The fourth-order valence-corrected chi connectivity index (χ4v) is 2.73. The number of nitrogens with zero attached hydrogens (tertiary/aromatic N) is 2. The molecule has 5 heteroatoms. The molecule has 2 aromatic heterocycles. The van der Waals surface area contributed by atoms with Gasteiger partial charge in [0, 0.05) is 17.6 Å². The normalized spacial score (nSPS) is 13.9. The molecule has 1 saturated carbocycles. The van der Waals surface area contributed by atoms with Crippen LogP contribution in [0, 0.1) is 11.3 Å². The second kappa shape index (κ2) is 5.33. The third kappa shape index (κ3) is 2.38. The molecule has 0 atom stereocenters. The first-order valence-corrected chi connectivity index (χ1v) is 7.51. The molecule has 0 N–H and O–H groups in total. The number of hydrogen-bond donors (Lipinski definition) is 0. The average molecular weight is 306 g/mol. The molecule has 0 amide bonds. The van der Waals surface area contributed by atoms with E-state index in [2.05, 4.69) is 0 Å². The molecule has 1 aromatic carbocycles. The summed E-state index contributed by atoms with van der Waals surface area (Å²) in [6, 6.07) is 13.1. The molecule has 1 fully saturated rings. The van der Waals surface area contributed by atoms with E-state index in [9.17, 15) is 4.79 Å². The molecule has 0 aliphatic heterocycles. The average Bonchev–Trinajstić information content (AvgIpc) is 3.32. The summed E-state index contributed by atoms with van der Waals surface area (Å²) in [5.41, 5.74) is 2.25. The van der Waals surface area contributed by atoms with Gasteiger partial charge >= 0.3 is 5.97 Å². The van der Waals surface area contributed by atoms with E-state index >= 15 is 0 Å². The number of pyridine rings is 1. The zero-order valence-electron chi connectivity index (χ0n) is 12.4. The number of hydrogen-bond acceptors (Lipinski definition) is 4. The van der Waals surface area contributed by atoms with E-state index in [-0.39, 0.29) is 18.7 Å². The zero-order chi connectivity index (χ0) is 15.8. The Kier molecular flexibility index (Phi) is 3.16. The van der Waals surface area contributed by atoms with Crippen molar-refractivity contribution in [1.29, 1.82) is 5.26 Å². The third-order valence-electron chi connectivity index (χ3n) is 3.92. The van der Waals surface area contributed by atoms with Gasteiger partial charge < -0.3 is 13.9 Å². The summed E-state index contributed by atoms with van der Waals surface area (Å²) in [6.07, 6.45) is 3.86. The first kappa shape index (κ1) is 13.6.